The van der Waals surface area contributed by atoms with Crippen LogP contribution in [0.3, 0.4) is 0 Å². The van der Waals surface area contributed by atoms with Crippen molar-refractivity contribution in [3.8, 4) is 0 Å². The lowest BCUT2D eigenvalue weighted by molar-refractivity contribution is -0.135. The van der Waals surface area contributed by atoms with Crippen molar-refractivity contribution < 1.29 is 9.90 Å². The molecule has 0 spiro atoms. The van der Waals surface area contributed by atoms with E-state index >= 15 is 0 Å². The fraction of sp³-hybridized carbons (Fsp3) is 0.750. The van der Waals surface area contributed by atoms with Gasteiger partial charge in [0.2, 0.25) is 0 Å². The minimum atomic E-state index is -0.781. The topological polar surface area (TPSA) is 49.3 Å². The Bertz CT molecular complexity index is 84.1. The molecule has 0 amide bonds. The molecule has 0 atom stereocenters. The van der Waals surface area contributed by atoms with Gasteiger partial charge in [0, 0.05) is 0 Å². The van der Waals surface area contributed by atoms with Crippen LogP contribution in [-0.4, -0.2) is 26.6 Å². The number of hydrogen-bond donors (Lipinski definition) is 2. The Hall–Kier alpha value is -0.353. The van der Waals surface area contributed by atoms with Crippen LogP contribution in [0.4, 0.5) is 0 Å². The summed E-state index contributed by atoms with van der Waals surface area (Å²) in [5.74, 6) is -0.781. The maximum Gasteiger partial charge on any atom is 0.316 e. The molecule has 0 rings (SSSR count). The number of hydrogen-bond acceptors (Lipinski definition) is 2. The molecule has 0 saturated carbocycles. The molecule has 0 heterocycles. The summed E-state index contributed by atoms with van der Waals surface area (Å²) in [6.07, 6.45) is 0. The highest BCUT2D eigenvalue weighted by atomic mass is 28.3. The number of carbonyl (C=O) groups is 1. The van der Waals surface area contributed by atoms with Gasteiger partial charge in [-0.1, -0.05) is 13.1 Å². The van der Waals surface area contributed by atoms with Crippen molar-refractivity contribution >= 4 is 14.9 Å². The van der Waals surface area contributed by atoms with Gasteiger partial charge < -0.3 is 10.1 Å². The van der Waals surface area contributed by atoms with Gasteiger partial charge in [-0.25, -0.2) is 0 Å². The van der Waals surface area contributed by atoms with Gasteiger partial charge in [-0.3, -0.25) is 4.79 Å². The molecule has 0 aromatic carbocycles. The Kier molecular flexibility index (Phi) is 3.46. The first-order chi connectivity index (χ1) is 3.63. The molecule has 2 N–H and O–H groups in total. The summed E-state index contributed by atoms with van der Waals surface area (Å²) in [5.41, 5.74) is 0. The molecular formula is C4H10NO2Si. The van der Waals surface area contributed by atoms with Crippen LogP contribution < -0.4 is 4.98 Å². The predicted octanol–water partition coefficient (Wildman–Crippen LogP) is -0.0883. The van der Waals surface area contributed by atoms with Gasteiger partial charge in [-0.2, -0.15) is 0 Å². The van der Waals surface area contributed by atoms with Crippen LogP contribution in [0.25, 0.3) is 0 Å². The van der Waals surface area contributed by atoms with Crippen LogP contribution in [-0.2, 0) is 4.79 Å². The number of carboxylic acids is 1. The van der Waals surface area contributed by atoms with Gasteiger partial charge >= 0.3 is 5.97 Å². The van der Waals surface area contributed by atoms with E-state index in [0.717, 1.165) is 0 Å². The van der Waals surface area contributed by atoms with Crippen molar-refractivity contribution in [2.75, 3.05) is 6.54 Å². The second-order valence-electron chi connectivity index (χ2n) is 1.75. The lowest BCUT2D eigenvalue weighted by Gasteiger charge is -1.99. The summed E-state index contributed by atoms with van der Waals surface area (Å²) in [6.45, 7) is 4.11. The lowest BCUT2D eigenvalue weighted by Crippen LogP contribution is -2.32. The van der Waals surface area contributed by atoms with Gasteiger partial charge in [0.25, 0.3) is 0 Å². The zero-order chi connectivity index (χ0) is 6.57. The third kappa shape index (κ3) is 5.65. The van der Waals surface area contributed by atoms with Gasteiger partial charge in [0.15, 0.2) is 0 Å². The molecular weight excluding hydrogens is 122 g/mol. The van der Waals surface area contributed by atoms with Crippen molar-refractivity contribution in [2.24, 2.45) is 0 Å². The van der Waals surface area contributed by atoms with Crippen LogP contribution in [0.15, 0.2) is 0 Å². The number of rotatable bonds is 3. The second kappa shape index (κ2) is 3.62. The molecule has 0 saturated heterocycles. The highest BCUT2D eigenvalue weighted by molar-refractivity contribution is 6.53. The molecule has 4 heteroatoms. The van der Waals surface area contributed by atoms with Crippen LogP contribution >= 0.6 is 0 Å². The molecule has 0 fully saturated rings. The van der Waals surface area contributed by atoms with Crippen molar-refractivity contribution in [3.05, 3.63) is 0 Å². The molecule has 0 unspecified atom stereocenters. The minimum absolute atomic E-state index is 0.0985. The van der Waals surface area contributed by atoms with Crippen LogP contribution in [0.1, 0.15) is 0 Å². The smallest absolute Gasteiger partial charge is 0.316 e. The van der Waals surface area contributed by atoms with E-state index in [1.54, 1.807) is 0 Å². The summed E-state index contributed by atoms with van der Waals surface area (Å²) in [5, 5.41) is 8.12. The van der Waals surface area contributed by atoms with Crippen molar-refractivity contribution in [1.82, 2.24) is 4.98 Å². The summed E-state index contributed by atoms with van der Waals surface area (Å²) in [7, 11) is -0.561. The second-order valence-corrected chi connectivity index (χ2v) is 4.10. The van der Waals surface area contributed by atoms with Gasteiger partial charge in [-0.15, -0.1) is 0 Å². The number of nitrogens with one attached hydrogen (secondary N) is 1. The minimum Gasteiger partial charge on any atom is -0.480 e. The van der Waals surface area contributed by atoms with E-state index in [1.807, 2.05) is 13.1 Å². The average Bonchev–Trinajstić information content (AvgIpc) is 1.61. The molecule has 0 bridgehead atoms. The van der Waals surface area contributed by atoms with Gasteiger partial charge in [0.05, 0.1) is 6.54 Å². The maximum atomic E-state index is 9.86. The third-order valence-corrected chi connectivity index (χ3v) is 1.48. The van der Waals surface area contributed by atoms with Crippen LogP contribution in [0, 0.1) is 0 Å². The molecule has 8 heavy (non-hydrogen) atoms. The Morgan fingerprint density at radius 1 is 1.75 bits per heavy atom. The molecule has 47 valence electrons. The quantitative estimate of drug-likeness (QED) is 0.528. The summed E-state index contributed by atoms with van der Waals surface area (Å²) in [4.78, 5) is 12.7. The molecule has 0 aliphatic heterocycles. The highest BCUT2D eigenvalue weighted by Gasteiger charge is 1.97. The van der Waals surface area contributed by atoms with Gasteiger partial charge in [-0.05, 0) is 0 Å². The van der Waals surface area contributed by atoms with E-state index < -0.39 is 14.9 Å². The molecule has 3 nitrogen and oxygen atoms in total. The molecule has 0 aliphatic rings. The first kappa shape index (κ1) is 7.65. The van der Waals surface area contributed by atoms with Crippen LogP contribution in [0.5, 0.6) is 0 Å². The summed E-state index contributed by atoms with van der Waals surface area (Å²) < 4.78 is 0. The molecule has 0 aromatic rings. The van der Waals surface area contributed by atoms with Crippen LogP contribution in [0.2, 0.25) is 13.1 Å². The van der Waals surface area contributed by atoms with E-state index in [-0.39, 0.29) is 6.54 Å². The SMILES string of the molecule is C[Si](C)NCC(=O)O. The first-order valence-corrected chi connectivity index (χ1v) is 4.88. The number of carboxylic acid groups (broad SMARTS) is 1. The fourth-order valence-electron chi connectivity index (χ4n) is 0.252. The number of aliphatic carboxylic acids is 1. The first-order valence-electron chi connectivity index (χ1n) is 2.38. The van der Waals surface area contributed by atoms with E-state index in [9.17, 15) is 4.79 Å². The maximum absolute atomic E-state index is 9.86. The lowest BCUT2D eigenvalue weighted by atomic mass is 10.7. The van der Waals surface area contributed by atoms with E-state index in [2.05, 4.69) is 4.98 Å². The van der Waals surface area contributed by atoms with Crippen molar-refractivity contribution in [3.63, 3.8) is 0 Å². The average molecular weight is 132 g/mol. The van der Waals surface area contributed by atoms with Crippen molar-refractivity contribution in [1.29, 1.82) is 0 Å². The molecule has 0 aromatic heterocycles. The van der Waals surface area contributed by atoms with E-state index in [4.69, 9.17) is 5.11 Å². The normalized spacial score (nSPS) is 9.88. The Balaban J connectivity index is 3.05. The third-order valence-electron chi connectivity index (χ3n) is 0.593. The summed E-state index contributed by atoms with van der Waals surface area (Å²) >= 11 is 0. The van der Waals surface area contributed by atoms with Crippen molar-refractivity contribution in [2.45, 2.75) is 13.1 Å². The van der Waals surface area contributed by atoms with E-state index in [0.29, 0.717) is 0 Å². The Morgan fingerprint density at radius 3 is 2.38 bits per heavy atom. The zero-order valence-corrected chi connectivity index (χ0v) is 6.06. The zero-order valence-electron chi connectivity index (χ0n) is 5.06. The monoisotopic (exact) mass is 132 g/mol. The summed E-state index contributed by atoms with van der Waals surface area (Å²) in [6, 6.07) is 0. The van der Waals surface area contributed by atoms with Gasteiger partial charge in [0.1, 0.15) is 8.96 Å². The molecule has 0 aliphatic carbocycles. The predicted molar refractivity (Wildman–Crippen MR) is 33.1 cm³/mol. The largest absolute Gasteiger partial charge is 0.480 e. The standard InChI is InChI=1S/C4H10NO2Si/c1-8(2)5-3-4(6)7/h5H,3H2,1-2H3,(H,6,7). The molecule has 1 radical (unpaired) electrons. The Morgan fingerprint density at radius 2 is 2.25 bits per heavy atom. The fourth-order valence-corrected chi connectivity index (χ4v) is 0.757. The Labute approximate surface area is 50.4 Å². The van der Waals surface area contributed by atoms with E-state index in [1.165, 1.54) is 0 Å². The highest BCUT2D eigenvalue weighted by Crippen LogP contribution is 1.69.